The summed E-state index contributed by atoms with van der Waals surface area (Å²) in [5.74, 6) is 0. The van der Waals surface area contributed by atoms with Crippen molar-refractivity contribution in [2.45, 2.75) is 6.18 Å². The van der Waals surface area contributed by atoms with Crippen LogP contribution in [-0.4, -0.2) is 30.4 Å². The molecule has 0 saturated carbocycles. The number of nitrogens with one attached hydrogen (secondary N) is 2. The van der Waals surface area contributed by atoms with Crippen molar-refractivity contribution in [3.63, 3.8) is 0 Å². The molecule has 18 heavy (non-hydrogen) atoms. The van der Waals surface area contributed by atoms with Gasteiger partial charge in [0.15, 0.2) is 5.11 Å². The normalized spacial score (nSPS) is 11.1. The minimum atomic E-state index is -4.43. The lowest BCUT2D eigenvalue weighted by Gasteiger charge is -2.10. The summed E-state index contributed by atoms with van der Waals surface area (Å²) in [5, 5.41) is 5.84. The maximum absolute atomic E-state index is 12.3. The lowest BCUT2D eigenvalue weighted by molar-refractivity contribution is -0.141. The maximum atomic E-state index is 12.3. The largest absolute Gasteiger partial charge is 0.433 e. The van der Waals surface area contributed by atoms with Crippen LogP contribution in [0.4, 0.5) is 18.9 Å². The highest BCUT2D eigenvalue weighted by Gasteiger charge is 2.31. The predicted octanol–water partition coefficient (Wildman–Crippen LogP) is 2.03. The first kappa shape index (κ1) is 14.7. The number of aromatic nitrogens is 1. The van der Waals surface area contributed by atoms with Gasteiger partial charge < -0.3 is 15.4 Å². The Balaban J connectivity index is 2.51. The van der Waals surface area contributed by atoms with E-state index in [4.69, 9.17) is 17.0 Å². The fourth-order valence-corrected chi connectivity index (χ4v) is 1.30. The summed E-state index contributed by atoms with van der Waals surface area (Å²) in [7, 11) is 1.55. The number of halogens is 3. The molecular weight excluding hydrogens is 267 g/mol. The molecule has 1 aromatic rings. The maximum Gasteiger partial charge on any atom is 0.433 e. The zero-order chi connectivity index (χ0) is 13.6. The van der Waals surface area contributed by atoms with Crippen LogP contribution in [0.25, 0.3) is 0 Å². The molecule has 0 aliphatic rings. The third-order valence-electron chi connectivity index (χ3n) is 1.90. The van der Waals surface area contributed by atoms with Crippen molar-refractivity contribution in [2.75, 3.05) is 25.6 Å². The lowest BCUT2D eigenvalue weighted by Crippen LogP contribution is -2.31. The molecule has 0 aromatic carbocycles. The van der Waals surface area contributed by atoms with Gasteiger partial charge in [0.25, 0.3) is 0 Å². The van der Waals surface area contributed by atoms with Crippen LogP contribution in [0.2, 0.25) is 0 Å². The van der Waals surface area contributed by atoms with Gasteiger partial charge >= 0.3 is 6.18 Å². The van der Waals surface area contributed by atoms with Crippen LogP contribution < -0.4 is 10.6 Å². The smallest absolute Gasteiger partial charge is 0.383 e. The highest BCUT2D eigenvalue weighted by atomic mass is 32.1. The Labute approximate surface area is 108 Å². The summed E-state index contributed by atoms with van der Waals surface area (Å²) in [6.45, 7) is 0.990. The monoisotopic (exact) mass is 279 g/mol. The van der Waals surface area contributed by atoms with Gasteiger partial charge in [-0.1, -0.05) is 0 Å². The van der Waals surface area contributed by atoms with E-state index in [9.17, 15) is 13.2 Å². The van der Waals surface area contributed by atoms with Gasteiger partial charge in [-0.2, -0.15) is 13.2 Å². The number of thiocarbonyl (C=S) groups is 1. The standard InChI is InChI=1S/C10H12F3N3OS/c1-17-5-4-14-9(18)16-7-2-3-8(15-6-7)10(11,12)13/h2-3,6H,4-5H2,1H3,(H2,14,16,18). The molecule has 0 saturated heterocycles. The van der Waals surface area contributed by atoms with Crippen molar-refractivity contribution in [2.24, 2.45) is 0 Å². The number of anilines is 1. The highest BCUT2D eigenvalue weighted by Crippen LogP contribution is 2.27. The van der Waals surface area contributed by atoms with Crippen LogP contribution in [-0.2, 0) is 10.9 Å². The van der Waals surface area contributed by atoms with Crippen molar-refractivity contribution >= 4 is 23.0 Å². The van der Waals surface area contributed by atoms with Crippen molar-refractivity contribution in [1.82, 2.24) is 10.3 Å². The van der Waals surface area contributed by atoms with E-state index in [0.29, 0.717) is 24.0 Å². The highest BCUT2D eigenvalue weighted by molar-refractivity contribution is 7.80. The number of hydrogen-bond acceptors (Lipinski definition) is 3. The summed E-state index contributed by atoms with van der Waals surface area (Å²) in [6, 6.07) is 2.15. The Morgan fingerprint density at radius 3 is 2.67 bits per heavy atom. The van der Waals surface area contributed by atoms with E-state index >= 15 is 0 Å². The van der Waals surface area contributed by atoms with Crippen molar-refractivity contribution in [3.8, 4) is 0 Å². The van der Waals surface area contributed by atoms with Crippen LogP contribution in [0, 0.1) is 0 Å². The second-order valence-electron chi connectivity index (χ2n) is 3.30. The number of hydrogen-bond donors (Lipinski definition) is 2. The fourth-order valence-electron chi connectivity index (χ4n) is 1.08. The van der Waals surface area contributed by atoms with Gasteiger partial charge in [0.1, 0.15) is 5.69 Å². The molecule has 0 fully saturated rings. The topological polar surface area (TPSA) is 46.2 Å². The Morgan fingerprint density at radius 2 is 2.17 bits per heavy atom. The number of rotatable bonds is 4. The first-order chi connectivity index (χ1) is 8.43. The second-order valence-corrected chi connectivity index (χ2v) is 3.71. The summed E-state index contributed by atoms with van der Waals surface area (Å²) in [5.41, 5.74) is -0.552. The molecule has 4 nitrogen and oxygen atoms in total. The van der Waals surface area contributed by atoms with E-state index in [1.54, 1.807) is 7.11 Å². The van der Waals surface area contributed by atoms with Gasteiger partial charge in [0.05, 0.1) is 18.5 Å². The summed E-state index contributed by atoms with van der Waals surface area (Å²) >= 11 is 4.93. The molecule has 100 valence electrons. The molecule has 0 bridgehead atoms. The molecule has 1 heterocycles. The average Bonchev–Trinajstić information content (AvgIpc) is 2.29. The van der Waals surface area contributed by atoms with Crippen LogP contribution >= 0.6 is 12.2 Å². The zero-order valence-electron chi connectivity index (χ0n) is 9.54. The Hall–Kier alpha value is -1.41. The molecule has 0 atom stereocenters. The number of alkyl halides is 3. The van der Waals surface area contributed by atoms with Crippen molar-refractivity contribution < 1.29 is 17.9 Å². The van der Waals surface area contributed by atoms with E-state index < -0.39 is 11.9 Å². The van der Waals surface area contributed by atoms with Gasteiger partial charge in [-0.15, -0.1) is 0 Å². The summed E-state index contributed by atoms with van der Waals surface area (Å²) < 4.78 is 41.6. The summed E-state index contributed by atoms with van der Waals surface area (Å²) in [4.78, 5) is 3.30. The quantitative estimate of drug-likeness (QED) is 0.652. The van der Waals surface area contributed by atoms with Crippen LogP contribution in [0.5, 0.6) is 0 Å². The van der Waals surface area contributed by atoms with Crippen LogP contribution in [0.3, 0.4) is 0 Å². The molecule has 1 rings (SSSR count). The van der Waals surface area contributed by atoms with Crippen LogP contribution in [0.15, 0.2) is 18.3 Å². The Kier molecular flexibility index (Phi) is 5.29. The number of methoxy groups -OCH3 is 1. The van der Waals surface area contributed by atoms with Gasteiger partial charge in [-0.05, 0) is 24.4 Å². The van der Waals surface area contributed by atoms with E-state index in [2.05, 4.69) is 15.6 Å². The molecule has 0 unspecified atom stereocenters. The first-order valence-electron chi connectivity index (χ1n) is 5.00. The fraction of sp³-hybridized carbons (Fsp3) is 0.400. The molecule has 0 aliphatic heterocycles. The molecule has 0 aliphatic carbocycles. The first-order valence-corrected chi connectivity index (χ1v) is 5.41. The van der Waals surface area contributed by atoms with Gasteiger partial charge in [0.2, 0.25) is 0 Å². The third-order valence-corrected chi connectivity index (χ3v) is 2.15. The van der Waals surface area contributed by atoms with Gasteiger partial charge in [0, 0.05) is 13.7 Å². The molecule has 0 amide bonds. The number of nitrogens with zero attached hydrogens (tertiary/aromatic N) is 1. The SMILES string of the molecule is COCCNC(=S)Nc1ccc(C(F)(F)F)nc1. The average molecular weight is 279 g/mol. The van der Waals surface area contributed by atoms with Crippen molar-refractivity contribution in [3.05, 3.63) is 24.0 Å². The van der Waals surface area contributed by atoms with Gasteiger partial charge in [-0.25, -0.2) is 4.98 Å². The molecule has 8 heteroatoms. The predicted molar refractivity (Wildman–Crippen MR) is 65.3 cm³/mol. The molecule has 2 N–H and O–H groups in total. The van der Waals surface area contributed by atoms with E-state index in [-0.39, 0.29) is 0 Å². The minimum absolute atomic E-state index is 0.300. The van der Waals surface area contributed by atoms with Crippen molar-refractivity contribution in [1.29, 1.82) is 0 Å². The lowest BCUT2D eigenvalue weighted by atomic mass is 10.3. The number of ether oxygens (including phenoxy) is 1. The van der Waals surface area contributed by atoms with Gasteiger partial charge in [-0.3, -0.25) is 0 Å². The minimum Gasteiger partial charge on any atom is -0.383 e. The Morgan fingerprint density at radius 1 is 1.44 bits per heavy atom. The second kappa shape index (κ2) is 6.50. The molecule has 1 aromatic heterocycles. The molecule has 0 radical (unpaired) electrons. The van der Waals surface area contributed by atoms with E-state index in [1.807, 2.05) is 0 Å². The zero-order valence-corrected chi connectivity index (χ0v) is 10.4. The van der Waals surface area contributed by atoms with E-state index in [0.717, 1.165) is 12.3 Å². The van der Waals surface area contributed by atoms with Crippen LogP contribution in [0.1, 0.15) is 5.69 Å². The Bertz CT molecular complexity index is 394. The molecular formula is C10H12F3N3OS. The third kappa shape index (κ3) is 4.84. The number of pyridine rings is 1. The molecule has 0 spiro atoms. The summed E-state index contributed by atoms with van der Waals surface area (Å²) in [6.07, 6.45) is -3.36. The van der Waals surface area contributed by atoms with E-state index in [1.165, 1.54) is 6.07 Å².